The number of aryl methyl sites for hydroxylation is 1. The number of aliphatic hydroxyl groups excluding tert-OH is 1. The molecule has 0 aliphatic heterocycles. The predicted molar refractivity (Wildman–Crippen MR) is 98.5 cm³/mol. The number of hydrogen-bond donors (Lipinski definition) is 1. The molecule has 0 radical (unpaired) electrons. The first-order valence-electron chi connectivity index (χ1n) is 9.41. The first-order chi connectivity index (χ1) is 11.9. The van der Waals surface area contributed by atoms with E-state index in [2.05, 4.69) is 34.1 Å². The molecule has 130 valence electrons. The summed E-state index contributed by atoms with van der Waals surface area (Å²) >= 11 is 0. The number of aromatic nitrogens is 2. The highest BCUT2D eigenvalue weighted by molar-refractivity contribution is 5.56. The number of pyridine rings is 2. The molecule has 0 aromatic carbocycles. The third kappa shape index (κ3) is 7.22. The van der Waals surface area contributed by atoms with Crippen LogP contribution in [0.1, 0.15) is 57.8 Å². The summed E-state index contributed by atoms with van der Waals surface area (Å²) in [5.41, 5.74) is 2.21. The van der Waals surface area contributed by atoms with Gasteiger partial charge in [0.2, 0.25) is 0 Å². The molecule has 24 heavy (non-hydrogen) atoms. The number of hydrogen-bond acceptors (Lipinski definition) is 2. The van der Waals surface area contributed by atoms with Crippen LogP contribution in [-0.2, 0) is 6.54 Å². The van der Waals surface area contributed by atoms with Gasteiger partial charge in [0.05, 0.1) is 5.69 Å². The lowest BCUT2D eigenvalue weighted by Crippen LogP contribution is -2.32. The van der Waals surface area contributed by atoms with Crippen molar-refractivity contribution < 1.29 is 9.67 Å². The van der Waals surface area contributed by atoms with Crippen LogP contribution in [0.3, 0.4) is 0 Å². The van der Waals surface area contributed by atoms with E-state index < -0.39 is 0 Å². The monoisotopic (exact) mass is 327 g/mol. The summed E-state index contributed by atoms with van der Waals surface area (Å²) in [5.74, 6) is 0. The maximum atomic E-state index is 8.73. The van der Waals surface area contributed by atoms with Gasteiger partial charge in [-0.1, -0.05) is 44.6 Å². The lowest BCUT2D eigenvalue weighted by Gasteiger charge is -2.02. The maximum absolute atomic E-state index is 8.73. The van der Waals surface area contributed by atoms with E-state index in [1.165, 1.54) is 56.9 Å². The molecule has 0 spiro atoms. The van der Waals surface area contributed by atoms with Crippen molar-refractivity contribution in [3.63, 3.8) is 0 Å². The van der Waals surface area contributed by atoms with Gasteiger partial charge in [-0.2, -0.15) is 0 Å². The zero-order valence-corrected chi connectivity index (χ0v) is 14.7. The zero-order chi connectivity index (χ0) is 16.9. The van der Waals surface area contributed by atoms with Gasteiger partial charge in [-0.25, -0.2) is 4.57 Å². The minimum Gasteiger partial charge on any atom is -0.396 e. The second-order valence-electron chi connectivity index (χ2n) is 6.45. The largest absolute Gasteiger partial charge is 0.396 e. The van der Waals surface area contributed by atoms with Crippen LogP contribution < -0.4 is 4.57 Å². The van der Waals surface area contributed by atoms with E-state index in [4.69, 9.17) is 5.11 Å². The van der Waals surface area contributed by atoms with Gasteiger partial charge in [-0.15, -0.1) is 0 Å². The van der Waals surface area contributed by atoms with Gasteiger partial charge < -0.3 is 5.11 Å². The summed E-state index contributed by atoms with van der Waals surface area (Å²) in [6.45, 7) is 1.44. The normalized spacial score (nSPS) is 10.9. The molecule has 0 amide bonds. The molecule has 0 saturated heterocycles. The molecule has 0 bridgehead atoms. The Labute approximate surface area is 146 Å². The first-order valence-corrected chi connectivity index (χ1v) is 9.41. The van der Waals surface area contributed by atoms with E-state index in [-0.39, 0.29) is 0 Å². The highest BCUT2D eigenvalue weighted by atomic mass is 16.2. The Morgan fingerprint density at radius 3 is 1.96 bits per heavy atom. The van der Waals surface area contributed by atoms with Crippen LogP contribution in [0.25, 0.3) is 11.3 Å². The number of rotatable bonds is 12. The van der Waals surface area contributed by atoms with Crippen molar-refractivity contribution in [3.8, 4) is 11.3 Å². The fraction of sp³-hybridized carbons (Fsp3) is 0.524. The van der Waals surface area contributed by atoms with Crippen molar-refractivity contribution in [2.45, 2.75) is 64.3 Å². The molecule has 0 aliphatic rings. The molecule has 3 nitrogen and oxygen atoms in total. The Morgan fingerprint density at radius 2 is 1.38 bits per heavy atom. The van der Waals surface area contributed by atoms with E-state index in [9.17, 15) is 0 Å². The molecule has 2 aromatic heterocycles. The summed E-state index contributed by atoms with van der Waals surface area (Å²) < 4.78 is 2.27. The highest BCUT2D eigenvalue weighted by Gasteiger charge is 2.03. The SMILES string of the molecule is OCCCCCCCCCCC[n+]1ccc(-c2ccccn2)cc1. The lowest BCUT2D eigenvalue weighted by molar-refractivity contribution is -0.697. The van der Waals surface area contributed by atoms with Crippen LogP contribution in [-0.4, -0.2) is 16.7 Å². The van der Waals surface area contributed by atoms with Crippen molar-refractivity contribution in [2.75, 3.05) is 6.61 Å². The van der Waals surface area contributed by atoms with Crippen LogP contribution >= 0.6 is 0 Å². The average Bonchev–Trinajstić information content (AvgIpc) is 2.64. The molecule has 3 heteroatoms. The van der Waals surface area contributed by atoms with Gasteiger partial charge in [-0.3, -0.25) is 4.98 Å². The van der Waals surface area contributed by atoms with Crippen molar-refractivity contribution in [1.82, 2.24) is 4.98 Å². The summed E-state index contributed by atoms with van der Waals surface area (Å²) in [5, 5.41) is 8.73. The van der Waals surface area contributed by atoms with Crippen molar-refractivity contribution in [2.24, 2.45) is 0 Å². The topological polar surface area (TPSA) is 37.0 Å². The van der Waals surface area contributed by atoms with E-state index in [0.717, 1.165) is 18.7 Å². The van der Waals surface area contributed by atoms with Gasteiger partial charge in [0, 0.05) is 36.9 Å². The van der Waals surface area contributed by atoms with Gasteiger partial charge in [0.25, 0.3) is 0 Å². The molecular weight excluding hydrogens is 296 g/mol. The molecule has 0 aliphatic carbocycles. The Morgan fingerprint density at radius 1 is 0.750 bits per heavy atom. The fourth-order valence-corrected chi connectivity index (χ4v) is 2.95. The van der Waals surface area contributed by atoms with Gasteiger partial charge in [0.1, 0.15) is 6.54 Å². The van der Waals surface area contributed by atoms with E-state index >= 15 is 0 Å². The number of unbranched alkanes of at least 4 members (excludes halogenated alkanes) is 8. The van der Waals surface area contributed by atoms with Crippen molar-refractivity contribution in [3.05, 3.63) is 48.9 Å². The third-order valence-electron chi connectivity index (χ3n) is 4.43. The molecule has 2 rings (SSSR count). The zero-order valence-electron chi connectivity index (χ0n) is 14.7. The quantitative estimate of drug-likeness (QED) is 0.459. The molecule has 2 heterocycles. The molecular formula is C21H31N2O+. The van der Waals surface area contributed by atoms with E-state index in [1.54, 1.807) is 0 Å². The first kappa shape index (κ1) is 18.6. The Hall–Kier alpha value is -1.74. The Kier molecular flexibility index (Phi) is 9.10. The molecule has 0 fully saturated rings. The van der Waals surface area contributed by atoms with Gasteiger partial charge >= 0.3 is 0 Å². The highest BCUT2D eigenvalue weighted by Crippen LogP contribution is 2.13. The fourth-order valence-electron chi connectivity index (χ4n) is 2.95. The summed E-state index contributed by atoms with van der Waals surface area (Å²) in [4.78, 5) is 4.38. The summed E-state index contributed by atoms with van der Waals surface area (Å²) in [7, 11) is 0. The molecule has 0 saturated carbocycles. The minimum atomic E-state index is 0.348. The third-order valence-corrected chi connectivity index (χ3v) is 4.43. The second kappa shape index (κ2) is 11.7. The summed E-state index contributed by atoms with van der Waals surface area (Å²) in [6.07, 6.45) is 17.5. The maximum Gasteiger partial charge on any atom is 0.169 e. The van der Waals surface area contributed by atoms with Crippen molar-refractivity contribution in [1.29, 1.82) is 0 Å². The molecule has 2 aromatic rings. The minimum absolute atomic E-state index is 0.348. The van der Waals surface area contributed by atoms with Crippen LogP contribution in [0.4, 0.5) is 0 Å². The summed E-state index contributed by atoms with van der Waals surface area (Å²) in [6, 6.07) is 10.3. The van der Waals surface area contributed by atoms with E-state index in [0.29, 0.717) is 6.61 Å². The standard InChI is InChI=1S/C21H31N2O/c24-19-11-7-5-3-1-2-4-6-10-16-23-17-13-20(14-18-23)21-12-8-9-15-22-21/h8-9,12-15,17-18,24H,1-7,10-11,16,19H2/q+1. The Bertz CT molecular complexity index is 540. The second-order valence-corrected chi connectivity index (χ2v) is 6.45. The van der Waals surface area contributed by atoms with Crippen LogP contribution in [0.5, 0.6) is 0 Å². The molecule has 0 atom stereocenters. The molecule has 0 unspecified atom stereocenters. The lowest BCUT2D eigenvalue weighted by atomic mass is 10.1. The predicted octanol–water partition coefficient (Wildman–Crippen LogP) is 4.54. The average molecular weight is 327 g/mol. The number of nitrogens with zero attached hydrogens (tertiary/aromatic N) is 2. The van der Waals surface area contributed by atoms with Gasteiger partial charge in [-0.05, 0) is 25.0 Å². The van der Waals surface area contributed by atoms with Crippen LogP contribution in [0.2, 0.25) is 0 Å². The smallest absolute Gasteiger partial charge is 0.169 e. The van der Waals surface area contributed by atoms with Crippen LogP contribution in [0, 0.1) is 0 Å². The van der Waals surface area contributed by atoms with E-state index in [1.807, 2.05) is 24.4 Å². The van der Waals surface area contributed by atoms with Crippen LogP contribution in [0.15, 0.2) is 48.9 Å². The molecule has 1 N–H and O–H groups in total. The van der Waals surface area contributed by atoms with Crippen molar-refractivity contribution >= 4 is 0 Å². The Balaban J connectivity index is 1.55. The number of aliphatic hydroxyl groups is 1. The van der Waals surface area contributed by atoms with Gasteiger partial charge in [0.15, 0.2) is 12.4 Å².